The first-order chi connectivity index (χ1) is 9.71. The molecule has 2 aromatic carbocycles. The van der Waals surface area contributed by atoms with Gasteiger partial charge in [0.2, 0.25) is 0 Å². The number of rotatable bonds is 5. The molecule has 0 amide bonds. The Hall–Kier alpha value is -1.56. The molecule has 0 spiro atoms. The lowest BCUT2D eigenvalue weighted by atomic mass is 9.99. The van der Waals surface area contributed by atoms with Crippen molar-refractivity contribution in [2.45, 2.75) is 6.04 Å². The number of halogens is 1. The highest BCUT2D eigenvalue weighted by molar-refractivity contribution is 9.10. The van der Waals surface area contributed by atoms with Crippen LogP contribution in [0.25, 0.3) is 0 Å². The molecule has 0 bridgehead atoms. The molecule has 0 aliphatic heterocycles. The summed E-state index contributed by atoms with van der Waals surface area (Å²) in [5.74, 6) is 7.10. The largest absolute Gasteiger partial charge is 0.493 e. The van der Waals surface area contributed by atoms with Crippen molar-refractivity contribution in [3.05, 3.63) is 58.1 Å². The average molecular weight is 337 g/mol. The third kappa shape index (κ3) is 2.95. The Morgan fingerprint density at radius 3 is 2.35 bits per heavy atom. The molecule has 3 N–H and O–H groups in total. The molecule has 20 heavy (non-hydrogen) atoms. The Balaban J connectivity index is 2.45. The summed E-state index contributed by atoms with van der Waals surface area (Å²) in [6.45, 7) is 0. The zero-order valence-electron chi connectivity index (χ0n) is 11.4. The smallest absolute Gasteiger partial charge is 0.161 e. The van der Waals surface area contributed by atoms with Crippen LogP contribution in [0, 0.1) is 0 Å². The molecule has 0 heterocycles. The maximum Gasteiger partial charge on any atom is 0.161 e. The molecule has 0 aliphatic rings. The van der Waals surface area contributed by atoms with Crippen LogP contribution in [0.5, 0.6) is 11.5 Å². The first kappa shape index (κ1) is 14.8. The summed E-state index contributed by atoms with van der Waals surface area (Å²) in [5, 5.41) is 0. The van der Waals surface area contributed by atoms with Gasteiger partial charge in [-0.15, -0.1) is 0 Å². The van der Waals surface area contributed by atoms with Gasteiger partial charge in [-0.05, 0) is 29.3 Å². The number of hydrogen-bond acceptors (Lipinski definition) is 4. The van der Waals surface area contributed by atoms with Gasteiger partial charge in [0.1, 0.15) is 0 Å². The molecule has 0 saturated heterocycles. The molecule has 0 radical (unpaired) electrons. The van der Waals surface area contributed by atoms with Gasteiger partial charge in [0.05, 0.1) is 20.3 Å². The minimum Gasteiger partial charge on any atom is -0.493 e. The van der Waals surface area contributed by atoms with Gasteiger partial charge >= 0.3 is 0 Å². The standard InChI is InChI=1S/C15H17BrN2O2/c1-19-13-8-7-10(9-14(13)20-2)15(18-17)11-5-3-4-6-12(11)16/h3-9,15,18H,17H2,1-2H3. The Kier molecular flexibility index (Phi) is 5.00. The normalized spacial score (nSPS) is 12.0. The maximum atomic E-state index is 5.72. The summed E-state index contributed by atoms with van der Waals surface area (Å²) in [5.41, 5.74) is 4.89. The van der Waals surface area contributed by atoms with Gasteiger partial charge in [-0.25, -0.2) is 5.43 Å². The van der Waals surface area contributed by atoms with E-state index in [1.165, 1.54) is 0 Å². The first-order valence-electron chi connectivity index (χ1n) is 6.13. The van der Waals surface area contributed by atoms with Crippen molar-refractivity contribution in [3.63, 3.8) is 0 Å². The van der Waals surface area contributed by atoms with Gasteiger partial charge in [0, 0.05) is 4.47 Å². The van der Waals surface area contributed by atoms with E-state index in [9.17, 15) is 0 Å². The fourth-order valence-electron chi connectivity index (χ4n) is 2.11. The van der Waals surface area contributed by atoms with Crippen molar-refractivity contribution < 1.29 is 9.47 Å². The lowest BCUT2D eigenvalue weighted by molar-refractivity contribution is 0.354. The van der Waals surface area contributed by atoms with Crippen molar-refractivity contribution in [1.82, 2.24) is 5.43 Å². The Morgan fingerprint density at radius 1 is 1.05 bits per heavy atom. The summed E-state index contributed by atoms with van der Waals surface area (Å²) >= 11 is 3.55. The van der Waals surface area contributed by atoms with Crippen LogP contribution in [0.15, 0.2) is 46.9 Å². The van der Waals surface area contributed by atoms with Crippen LogP contribution >= 0.6 is 15.9 Å². The fourth-order valence-corrected chi connectivity index (χ4v) is 2.62. The molecule has 2 rings (SSSR count). The van der Waals surface area contributed by atoms with Crippen LogP contribution in [0.1, 0.15) is 17.2 Å². The molecule has 1 atom stereocenters. The van der Waals surface area contributed by atoms with Crippen molar-refractivity contribution in [2.75, 3.05) is 14.2 Å². The summed E-state index contributed by atoms with van der Waals surface area (Å²) in [4.78, 5) is 0. The van der Waals surface area contributed by atoms with Crippen molar-refractivity contribution in [2.24, 2.45) is 5.84 Å². The molecule has 106 valence electrons. The number of hydrogen-bond donors (Lipinski definition) is 2. The molecule has 4 nitrogen and oxygen atoms in total. The summed E-state index contributed by atoms with van der Waals surface area (Å²) in [7, 11) is 3.23. The van der Waals surface area contributed by atoms with E-state index in [1.807, 2.05) is 42.5 Å². The Bertz CT molecular complexity index is 590. The van der Waals surface area contributed by atoms with Gasteiger partial charge in [-0.2, -0.15) is 0 Å². The number of hydrazine groups is 1. The molecule has 0 fully saturated rings. The quantitative estimate of drug-likeness (QED) is 0.651. The van der Waals surface area contributed by atoms with Gasteiger partial charge in [0.15, 0.2) is 11.5 Å². The Labute approximate surface area is 127 Å². The van der Waals surface area contributed by atoms with E-state index >= 15 is 0 Å². The highest BCUT2D eigenvalue weighted by Crippen LogP contribution is 2.33. The van der Waals surface area contributed by atoms with E-state index in [2.05, 4.69) is 21.4 Å². The second-order valence-corrected chi connectivity index (χ2v) is 5.09. The highest BCUT2D eigenvalue weighted by Gasteiger charge is 2.17. The SMILES string of the molecule is COc1ccc(C(NN)c2ccccc2Br)cc1OC. The first-order valence-corrected chi connectivity index (χ1v) is 6.93. The predicted octanol–water partition coefficient (Wildman–Crippen LogP) is 3.02. The topological polar surface area (TPSA) is 56.5 Å². The predicted molar refractivity (Wildman–Crippen MR) is 82.9 cm³/mol. The zero-order chi connectivity index (χ0) is 14.5. The molecular weight excluding hydrogens is 320 g/mol. The highest BCUT2D eigenvalue weighted by atomic mass is 79.9. The van der Waals surface area contributed by atoms with E-state index in [0.29, 0.717) is 11.5 Å². The van der Waals surface area contributed by atoms with Crippen LogP contribution < -0.4 is 20.7 Å². The van der Waals surface area contributed by atoms with Crippen LogP contribution in [0.2, 0.25) is 0 Å². The van der Waals surface area contributed by atoms with E-state index in [-0.39, 0.29) is 6.04 Å². The lowest BCUT2D eigenvalue weighted by Gasteiger charge is -2.19. The average Bonchev–Trinajstić information content (AvgIpc) is 2.49. The third-order valence-corrected chi connectivity index (χ3v) is 3.85. The van der Waals surface area contributed by atoms with Gasteiger partial charge < -0.3 is 9.47 Å². The van der Waals surface area contributed by atoms with E-state index in [4.69, 9.17) is 15.3 Å². The number of benzene rings is 2. The lowest BCUT2D eigenvalue weighted by Crippen LogP contribution is -2.29. The van der Waals surface area contributed by atoms with Gasteiger partial charge in [-0.3, -0.25) is 5.84 Å². The van der Waals surface area contributed by atoms with Crippen LogP contribution in [0.3, 0.4) is 0 Å². The van der Waals surface area contributed by atoms with Crippen LogP contribution in [-0.2, 0) is 0 Å². The van der Waals surface area contributed by atoms with E-state index < -0.39 is 0 Å². The molecule has 1 unspecified atom stereocenters. The van der Waals surface area contributed by atoms with Gasteiger partial charge in [-0.1, -0.05) is 40.2 Å². The third-order valence-electron chi connectivity index (χ3n) is 3.12. The Morgan fingerprint density at radius 2 is 1.75 bits per heavy atom. The minimum atomic E-state index is -0.134. The van der Waals surface area contributed by atoms with Gasteiger partial charge in [0.25, 0.3) is 0 Å². The van der Waals surface area contributed by atoms with Crippen molar-refractivity contribution >= 4 is 15.9 Å². The second-order valence-electron chi connectivity index (χ2n) is 4.24. The molecule has 0 saturated carbocycles. The molecular formula is C15H17BrN2O2. The number of methoxy groups -OCH3 is 2. The summed E-state index contributed by atoms with van der Waals surface area (Å²) in [6.07, 6.45) is 0. The van der Waals surface area contributed by atoms with Crippen molar-refractivity contribution in [3.8, 4) is 11.5 Å². The molecule has 0 aliphatic carbocycles. The monoisotopic (exact) mass is 336 g/mol. The summed E-state index contributed by atoms with van der Waals surface area (Å²) < 4.78 is 11.6. The van der Waals surface area contributed by atoms with E-state index in [1.54, 1.807) is 14.2 Å². The van der Waals surface area contributed by atoms with Crippen LogP contribution in [0.4, 0.5) is 0 Å². The second kappa shape index (κ2) is 6.74. The zero-order valence-corrected chi connectivity index (χ0v) is 13.0. The van der Waals surface area contributed by atoms with E-state index in [0.717, 1.165) is 15.6 Å². The fraction of sp³-hybridized carbons (Fsp3) is 0.200. The maximum absolute atomic E-state index is 5.72. The number of ether oxygens (including phenoxy) is 2. The molecule has 2 aromatic rings. The summed E-state index contributed by atoms with van der Waals surface area (Å²) in [6, 6.07) is 13.6. The number of nitrogens with two attached hydrogens (primary N) is 1. The minimum absolute atomic E-state index is 0.134. The molecule has 5 heteroatoms. The van der Waals surface area contributed by atoms with Crippen molar-refractivity contribution in [1.29, 1.82) is 0 Å². The van der Waals surface area contributed by atoms with Crippen LogP contribution in [-0.4, -0.2) is 14.2 Å². The number of nitrogens with one attached hydrogen (secondary N) is 1. The molecule has 0 aromatic heterocycles.